The number of hydrogen-bond acceptors (Lipinski definition) is 2. The molecule has 17 heavy (non-hydrogen) atoms. The summed E-state index contributed by atoms with van der Waals surface area (Å²) in [5.74, 6) is 0. The third-order valence-electron chi connectivity index (χ3n) is 3.24. The summed E-state index contributed by atoms with van der Waals surface area (Å²) >= 11 is 7.09. The van der Waals surface area contributed by atoms with Gasteiger partial charge in [0.25, 0.3) is 0 Å². The zero-order chi connectivity index (χ0) is 12.3. The van der Waals surface area contributed by atoms with E-state index in [0.29, 0.717) is 6.10 Å². The number of anilines is 1. The Hall–Kier alpha value is -0.0600. The van der Waals surface area contributed by atoms with Gasteiger partial charge in [-0.05, 0) is 36.6 Å². The molecule has 2 nitrogen and oxygen atoms in total. The normalized spacial score (nSPS) is 20.6. The number of piperidine rings is 1. The smallest absolute Gasteiger partial charge is 0.0746 e. The molecule has 1 aromatic carbocycles. The van der Waals surface area contributed by atoms with Crippen molar-refractivity contribution in [2.45, 2.75) is 24.3 Å². The van der Waals surface area contributed by atoms with Crippen LogP contribution >= 0.6 is 31.9 Å². The first-order valence-corrected chi connectivity index (χ1v) is 7.78. The summed E-state index contributed by atoms with van der Waals surface area (Å²) in [6.07, 6.45) is 2.75. The van der Waals surface area contributed by atoms with Gasteiger partial charge < -0.3 is 9.64 Å². The minimum absolute atomic E-state index is 0.371. The van der Waals surface area contributed by atoms with Gasteiger partial charge in [-0.25, -0.2) is 0 Å². The SMILES string of the molecule is COC1CCCN(c2ccc(Br)cc2CBr)C1. The molecule has 1 unspecified atom stereocenters. The summed E-state index contributed by atoms with van der Waals surface area (Å²) in [6, 6.07) is 6.48. The molecule has 1 aliphatic rings. The van der Waals surface area contributed by atoms with E-state index in [2.05, 4.69) is 55.0 Å². The van der Waals surface area contributed by atoms with E-state index in [0.717, 1.165) is 22.9 Å². The molecule has 0 saturated carbocycles. The Labute approximate surface area is 120 Å². The summed E-state index contributed by atoms with van der Waals surface area (Å²) in [6.45, 7) is 2.12. The molecule has 2 rings (SSSR count). The molecule has 1 aromatic rings. The summed E-state index contributed by atoms with van der Waals surface area (Å²) < 4.78 is 6.61. The highest BCUT2D eigenvalue weighted by Gasteiger charge is 2.21. The van der Waals surface area contributed by atoms with Gasteiger partial charge in [0.15, 0.2) is 0 Å². The summed E-state index contributed by atoms with van der Waals surface area (Å²) in [7, 11) is 1.81. The average Bonchev–Trinajstić information content (AvgIpc) is 2.38. The highest BCUT2D eigenvalue weighted by molar-refractivity contribution is 9.10. The highest BCUT2D eigenvalue weighted by atomic mass is 79.9. The average molecular weight is 363 g/mol. The lowest BCUT2D eigenvalue weighted by atomic mass is 10.1. The van der Waals surface area contributed by atoms with Crippen molar-refractivity contribution in [1.82, 2.24) is 0 Å². The third-order valence-corrected chi connectivity index (χ3v) is 4.34. The first-order valence-electron chi connectivity index (χ1n) is 5.86. The molecule has 1 heterocycles. The highest BCUT2D eigenvalue weighted by Crippen LogP contribution is 2.29. The number of benzene rings is 1. The van der Waals surface area contributed by atoms with Crippen molar-refractivity contribution in [1.29, 1.82) is 0 Å². The Kier molecular flexibility index (Phi) is 4.88. The molecule has 1 atom stereocenters. The lowest BCUT2D eigenvalue weighted by Gasteiger charge is -2.34. The minimum Gasteiger partial charge on any atom is -0.380 e. The number of halogens is 2. The Bertz CT molecular complexity index is 384. The molecule has 0 bridgehead atoms. The van der Waals surface area contributed by atoms with Gasteiger partial charge in [0.05, 0.1) is 6.10 Å². The van der Waals surface area contributed by atoms with Gasteiger partial charge in [-0.3, -0.25) is 0 Å². The fourth-order valence-electron chi connectivity index (χ4n) is 2.32. The van der Waals surface area contributed by atoms with E-state index in [1.165, 1.54) is 24.1 Å². The zero-order valence-electron chi connectivity index (χ0n) is 9.96. The maximum atomic E-state index is 5.48. The van der Waals surface area contributed by atoms with Crippen molar-refractivity contribution in [3.8, 4) is 0 Å². The van der Waals surface area contributed by atoms with Crippen LogP contribution in [0.3, 0.4) is 0 Å². The van der Waals surface area contributed by atoms with Gasteiger partial charge in [-0.2, -0.15) is 0 Å². The van der Waals surface area contributed by atoms with Crippen LogP contribution in [0.15, 0.2) is 22.7 Å². The molecular weight excluding hydrogens is 346 g/mol. The Morgan fingerprint density at radius 2 is 2.29 bits per heavy atom. The number of rotatable bonds is 3. The molecule has 0 N–H and O–H groups in total. The van der Waals surface area contributed by atoms with Crippen LogP contribution in [0.1, 0.15) is 18.4 Å². The largest absolute Gasteiger partial charge is 0.380 e. The van der Waals surface area contributed by atoms with Gasteiger partial charge in [0.1, 0.15) is 0 Å². The second-order valence-electron chi connectivity index (χ2n) is 4.35. The van der Waals surface area contributed by atoms with Gasteiger partial charge in [-0.15, -0.1) is 0 Å². The van der Waals surface area contributed by atoms with Gasteiger partial charge in [0, 0.05) is 35.7 Å². The number of ether oxygens (including phenoxy) is 1. The Morgan fingerprint density at radius 3 is 3.00 bits per heavy atom. The van der Waals surface area contributed by atoms with Crippen molar-refractivity contribution in [3.05, 3.63) is 28.2 Å². The molecule has 0 amide bonds. The number of alkyl halides is 1. The monoisotopic (exact) mass is 361 g/mol. The van der Waals surface area contributed by atoms with Crippen LogP contribution in [0.5, 0.6) is 0 Å². The van der Waals surface area contributed by atoms with Crippen LogP contribution in [-0.2, 0) is 10.1 Å². The number of nitrogens with zero attached hydrogens (tertiary/aromatic N) is 1. The maximum absolute atomic E-state index is 5.48. The van der Waals surface area contributed by atoms with E-state index < -0.39 is 0 Å². The Balaban J connectivity index is 2.20. The van der Waals surface area contributed by atoms with Crippen LogP contribution in [0.2, 0.25) is 0 Å². The zero-order valence-corrected chi connectivity index (χ0v) is 13.1. The van der Waals surface area contributed by atoms with Crippen molar-refractivity contribution in [2.75, 3.05) is 25.1 Å². The maximum Gasteiger partial charge on any atom is 0.0746 e. The van der Waals surface area contributed by atoms with Crippen LogP contribution in [0.4, 0.5) is 5.69 Å². The van der Waals surface area contributed by atoms with Crippen molar-refractivity contribution >= 4 is 37.5 Å². The first-order chi connectivity index (χ1) is 8.24. The third kappa shape index (κ3) is 3.24. The number of hydrogen-bond donors (Lipinski definition) is 0. The van der Waals surface area contributed by atoms with Crippen molar-refractivity contribution in [2.24, 2.45) is 0 Å². The first kappa shape index (κ1) is 13.4. The van der Waals surface area contributed by atoms with Crippen LogP contribution < -0.4 is 4.90 Å². The van der Waals surface area contributed by atoms with Crippen LogP contribution in [-0.4, -0.2) is 26.3 Å². The molecule has 94 valence electrons. The fraction of sp³-hybridized carbons (Fsp3) is 0.538. The van der Waals surface area contributed by atoms with Gasteiger partial charge in [-0.1, -0.05) is 31.9 Å². The van der Waals surface area contributed by atoms with Crippen LogP contribution in [0.25, 0.3) is 0 Å². The molecule has 1 aliphatic heterocycles. The molecule has 0 aromatic heterocycles. The van der Waals surface area contributed by atoms with Gasteiger partial charge >= 0.3 is 0 Å². The van der Waals surface area contributed by atoms with Gasteiger partial charge in [0.2, 0.25) is 0 Å². The molecule has 0 radical (unpaired) electrons. The quantitative estimate of drug-likeness (QED) is 0.754. The molecular formula is C13H17Br2NO. The molecule has 0 aliphatic carbocycles. The fourth-order valence-corrected chi connectivity index (χ4v) is 3.18. The second kappa shape index (κ2) is 6.21. The standard InChI is InChI=1S/C13H17Br2NO/c1-17-12-3-2-6-16(9-12)13-5-4-11(15)7-10(13)8-14/h4-5,7,12H,2-3,6,8-9H2,1H3. The molecule has 4 heteroatoms. The predicted molar refractivity (Wildman–Crippen MR) is 79.0 cm³/mol. The second-order valence-corrected chi connectivity index (χ2v) is 5.83. The van der Waals surface area contributed by atoms with E-state index in [1.54, 1.807) is 7.11 Å². The summed E-state index contributed by atoms with van der Waals surface area (Å²) in [5.41, 5.74) is 2.66. The molecule has 1 fully saturated rings. The van der Waals surface area contributed by atoms with E-state index in [-0.39, 0.29) is 0 Å². The van der Waals surface area contributed by atoms with Crippen LogP contribution in [0, 0.1) is 0 Å². The number of methoxy groups -OCH3 is 1. The predicted octanol–water partition coefficient (Wildman–Crippen LogP) is 3.96. The molecule has 1 saturated heterocycles. The van der Waals surface area contributed by atoms with E-state index >= 15 is 0 Å². The molecule has 0 spiro atoms. The topological polar surface area (TPSA) is 12.5 Å². The van der Waals surface area contributed by atoms with E-state index in [9.17, 15) is 0 Å². The lowest BCUT2D eigenvalue weighted by Crippen LogP contribution is -2.39. The lowest BCUT2D eigenvalue weighted by molar-refractivity contribution is 0.0893. The van der Waals surface area contributed by atoms with Crippen molar-refractivity contribution in [3.63, 3.8) is 0 Å². The van der Waals surface area contributed by atoms with Crippen molar-refractivity contribution < 1.29 is 4.74 Å². The Morgan fingerprint density at radius 1 is 1.47 bits per heavy atom. The summed E-state index contributed by atoms with van der Waals surface area (Å²) in [5, 5.41) is 0.885. The van der Waals surface area contributed by atoms with E-state index in [4.69, 9.17) is 4.74 Å². The van der Waals surface area contributed by atoms with E-state index in [1.807, 2.05) is 0 Å². The summed E-state index contributed by atoms with van der Waals surface area (Å²) in [4.78, 5) is 2.43. The minimum atomic E-state index is 0.371.